The number of anilines is 2. The Morgan fingerprint density at radius 1 is 0.943 bits per heavy atom. The van der Waals surface area contributed by atoms with Crippen molar-refractivity contribution in [2.24, 2.45) is 0 Å². The number of hydrogen-bond donors (Lipinski definition) is 1. The SMILES string of the molecule is Cc1cc(F)ccc1S(=O)(=O)NC[C@H](c1ccc(N(C)C)cc1)N1CCN(c2ccccc2)CC1. The molecule has 35 heavy (non-hydrogen) atoms. The maximum atomic E-state index is 13.5. The van der Waals surface area contributed by atoms with E-state index >= 15 is 0 Å². The first kappa shape index (κ1) is 25.2. The van der Waals surface area contributed by atoms with Crippen LogP contribution in [-0.2, 0) is 10.0 Å². The number of piperazine rings is 1. The lowest BCUT2D eigenvalue weighted by molar-refractivity contribution is 0.187. The summed E-state index contributed by atoms with van der Waals surface area (Å²) in [7, 11) is 0.202. The van der Waals surface area contributed by atoms with Crippen LogP contribution in [0, 0.1) is 12.7 Å². The topological polar surface area (TPSA) is 55.9 Å². The van der Waals surface area contributed by atoms with Crippen molar-refractivity contribution in [3.05, 3.63) is 89.7 Å². The van der Waals surface area contributed by atoms with Crippen molar-refractivity contribution in [3.63, 3.8) is 0 Å². The fraction of sp³-hybridized carbons (Fsp3) is 0.333. The molecule has 0 radical (unpaired) electrons. The van der Waals surface area contributed by atoms with E-state index in [1.54, 1.807) is 6.92 Å². The molecule has 186 valence electrons. The van der Waals surface area contributed by atoms with Crippen LogP contribution in [0.15, 0.2) is 77.7 Å². The summed E-state index contributed by atoms with van der Waals surface area (Å²) in [5, 5.41) is 0. The van der Waals surface area contributed by atoms with E-state index in [9.17, 15) is 12.8 Å². The molecule has 8 heteroatoms. The van der Waals surface area contributed by atoms with E-state index in [2.05, 4.69) is 50.9 Å². The van der Waals surface area contributed by atoms with E-state index in [1.165, 1.54) is 23.9 Å². The Balaban J connectivity index is 1.54. The van der Waals surface area contributed by atoms with Gasteiger partial charge in [0.15, 0.2) is 0 Å². The zero-order valence-electron chi connectivity index (χ0n) is 20.5. The van der Waals surface area contributed by atoms with Crippen LogP contribution in [-0.4, -0.2) is 60.1 Å². The molecule has 1 saturated heterocycles. The van der Waals surface area contributed by atoms with Crippen molar-refractivity contribution in [2.75, 3.05) is 56.6 Å². The second kappa shape index (κ2) is 10.8. The number of halogens is 1. The summed E-state index contributed by atoms with van der Waals surface area (Å²) in [5.74, 6) is -0.448. The summed E-state index contributed by atoms with van der Waals surface area (Å²) in [6.45, 7) is 5.18. The highest BCUT2D eigenvalue weighted by Gasteiger charge is 2.27. The average Bonchev–Trinajstić information content (AvgIpc) is 2.85. The monoisotopic (exact) mass is 496 g/mol. The maximum Gasteiger partial charge on any atom is 0.240 e. The van der Waals surface area contributed by atoms with E-state index in [0.29, 0.717) is 5.56 Å². The Bertz CT molecular complexity index is 1230. The lowest BCUT2D eigenvalue weighted by atomic mass is 10.0. The largest absolute Gasteiger partial charge is 0.378 e. The van der Waals surface area contributed by atoms with Crippen LogP contribution in [0.3, 0.4) is 0 Å². The average molecular weight is 497 g/mol. The molecule has 0 amide bonds. The van der Waals surface area contributed by atoms with Gasteiger partial charge in [0.2, 0.25) is 10.0 Å². The molecule has 0 spiro atoms. The van der Waals surface area contributed by atoms with Gasteiger partial charge < -0.3 is 9.80 Å². The van der Waals surface area contributed by atoms with Crippen LogP contribution in [0.25, 0.3) is 0 Å². The Morgan fingerprint density at radius 2 is 1.60 bits per heavy atom. The van der Waals surface area contributed by atoms with Gasteiger partial charge in [-0.05, 0) is 60.5 Å². The van der Waals surface area contributed by atoms with Gasteiger partial charge in [0.25, 0.3) is 0 Å². The van der Waals surface area contributed by atoms with Crippen molar-refractivity contribution in [1.82, 2.24) is 9.62 Å². The molecule has 1 atom stereocenters. The normalized spacial score (nSPS) is 15.7. The van der Waals surface area contributed by atoms with Crippen LogP contribution in [0.5, 0.6) is 0 Å². The Kier molecular flexibility index (Phi) is 7.74. The van der Waals surface area contributed by atoms with Crippen LogP contribution < -0.4 is 14.5 Å². The molecule has 0 aromatic heterocycles. The highest BCUT2D eigenvalue weighted by molar-refractivity contribution is 7.89. The fourth-order valence-corrected chi connectivity index (χ4v) is 5.83. The molecule has 1 heterocycles. The highest BCUT2D eigenvalue weighted by Crippen LogP contribution is 2.26. The number of benzene rings is 3. The van der Waals surface area contributed by atoms with E-state index < -0.39 is 15.8 Å². The predicted molar refractivity (Wildman–Crippen MR) is 140 cm³/mol. The van der Waals surface area contributed by atoms with Crippen molar-refractivity contribution in [1.29, 1.82) is 0 Å². The number of rotatable bonds is 8. The summed E-state index contributed by atoms with van der Waals surface area (Å²) < 4.78 is 42.5. The van der Waals surface area contributed by atoms with Gasteiger partial charge in [-0.3, -0.25) is 4.90 Å². The smallest absolute Gasteiger partial charge is 0.240 e. The number of hydrogen-bond acceptors (Lipinski definition) is 5. The van der Waals surface area contributed by atoms with Gasteiger partial charge in [-0.2, -0.15) is 0 Å². The van der Waals surface area contributed by atoms with Crippen LogP contribution in [0.1, 0.15) is 17.2 Å². The van der Waals surface area contributed by atoms with E-state index in [4.69, 9.17) is 0 Å². The lowest BCUT2D eigenvalue weighted by Gasteiger charge is -2.40. The van der Waals surface area contributed by atoms with E-state index in [1.807, 2.05) is 37.2 Å². The van der Waals surface area contributed by atoms with E-state index in [0.717, 1.165) is 37.4 Å². The minimum atomic E-state index is -3.79. The minimum absolute atomic E-state index is 0.106. The molecule has 0 unspecified atom stereocenters. The van der Waals surface area contributed by atoms with Crippen LogP contribution in [0.4, 0.5) is 15.8 Å². The molecule has 3 aromatic rings. The molecule has 0 bridgehead atoms. The maximum absolute atomic E-state index is 13.5. The van der Waals surface area contributed by atoms with E-state index in [-0.39, 0.29) is 17.5 Å². The molecule has 6 nitrogen and oxygen atoms in total. The molecule has 1 N–H and O–H groups in total. The van der Waals surface area contributed by atoms with Crippen LogP contribution in [0.2, 0.25) is 0 Å². The quantitative estimate of drug-likeness (QED) is 0.510. The first-order chi connectivity index (χ1) is 16.7. The number of sulfonamides is 1. The van der Waals surface area contributed by atoms with Gasteiger partial charge in [0.1, 0.15) is 5.82 Å². The number of nitrogens with zero attached hydrogens (tertiary/aromatic N) is 3. The van der Waals surface area contributed by atoms with Crippen molar-refractivity contribution < 1.29 is 12.8 Å². The first-order valence-electron chi connectivity index (χ1n) is 11.8. The Hall–Kier alpha value is -2.94. The number of para-hydroxylation sites is 1. The van der Waals surface area contributed by atoms with Crippen LogP contribution >= 0.6 is 0 Å². The molecule has 1 aliphatic rings. The lowest BCUT2D eigenvalue weighted by Crippen LogP contribution is -2.50. The van der Waals surface area contributed by atoms with Gasteiger partial charge in [-0.15, -0.1) is 0 Å². The van der Waals surface area contributed by atoms with Gasteiger partial charge in [0, 0.05) is 64.2 Å². The summed E-state index contributed by atoms with van der Waals surface area (Å²) in [6, 6.07) is 22.2. The van der Waals surface area contributed by atoms with Crippen molar-refractivity contribution in [2.45, 2.75) is 17.9 Å². The predicted octanol–water partition coefficient (Wildman–Crippen LogP) is 4.04. The molecular weight excluding hydrogens is 463 g/mol. The van der Waals surface area contributed by atoms with Gasteiger partial charge in [-0.1, -0.05) is 30.3 Å². The summed E-state index contributed by atoms with van der Waals surface area (Å²) in [4.78, 5) is 6.84. The highest BCUT2D eigenvalue weighted by atomic mass is 32.2. The minimum Gasteiger partial charge on any atom is -0.378 e. The molecular formula is C27H33FN4O2S. The zero-order valence-corrected chi connectivity index (χ0v) is 21.3. The zero-order chi connectivity index (χ0) is 25.0. The van der Waals surface area contributed by atoms with Gasteiger partial charge >= 0.3 is 0 Å². The third-order valence-electron chi connectivity index (χ3n) is 6.56. The molecule has 1 aliphatic heterocycles. The van der Waals surface area contributed by atoms with Gasteiger partial charge in [-0.25, -0.2) is 17.5 Å². The Labute approximate surface area is 208 Å². The number of nitrogens with one attached hydrogen (secondary N) is 1. The van der Waals surface area contributed by atoms with Crippen molar-refractivity contribution >= 4 is 21.4 Å². The number of aryl methyl sites for hydroxylation is 1. The van der Waals surface area contributed by atoms with Gasteiger partial charge in [0.05, 0.1) is 4.90 Å². The molecule has 0 aliphatic carbocycles. The molecule has 0 saturated carbocycles. The molecule has 4 rings (SSSR count). The first-order valence-corrected chi connectivity index (χ1v) is 13.3. The third kappa shape index (κ3) is 6.01. The summed E-state index contributed by atoms with van der Waals surface area (Å²) >= 11 is 0. The summed E-state index contributed by atoms with van der Waals surface area (Å²) in [5.41, 5.74) is 3.73. The third-order valence-corrected chi connectivity index (χ3v) is 8.15. The second-order valence-corrected chi connectivity index (χ2v) is 10.9. The second-order valence-electron chi connectivity index (χ2n) is 9.12. The fourth-order valence-electron chi connectivity index (χ4n) is 4.56. The van der Waals surface area contributed by atoms with Crippen molar-refractivity contribution in [3.8, 4) is 0 Å². The standard InChI is InChI=1S/C27H33FN4O2S/c1-21-19-23(28)11-14-27(21)35(33,34)29-20-26(22-9-12-24(13-10-22)30(2)3)32-17-15-31(16-18-32)25-7-5-4-6-8-25/h4-14,19,26,29H,15-18,20H2,1-3H3/t26-/m1/s1. The summed E-state index contributed by atoms with van der Waals surface area (Å²) in [6.07, 6.45) is 0. The Morgan fingerprint density at radius 3 is 2.20 bits per heavy atom. The molecule has 1 fully saturated rings. The molecule has 3 aromatic carbocycles.